The molecule has 0 aliphatic heterocycles. The monoisotopic (exact) mass is 182 g/mol. The lowest BCUT2D eigenvalue weighted by Crippen LogP contribution is -2.15. The van der Waals surface area contributed by atoms with Crippen molar-refractivity contribution in [3.8, 4) is 0 Å². The number of hydrogen-bond donors (Lipinski definition) is 2. The van der Waals surface area contributed by atoms with Crippen LogP contribution in [0.2, 0.25) is 0 Å². The van der Waals surface area contributed by atoms with Gasteiger partial charge >= 0.3 is 0 Å². The van der Waals surface area contributed by atoms with Crippen LogP contribution in [0.4, 0.5) is 0 Å². The molecule has 0 radical (unpaired) electrons. The first-order chi connectivity index (χ1) is 5.02. The molecule has 0 unspecified atom stereocenters. The lowest BCUT2D eigenvalue weighted by molar-refractivity contribution is 0.0524. The number of aliphatic hydroxyl groups is 2. The fourth-order valence-electron chi connectivity index (χ4n) is 0.529. The Bertz CT molecular complexity index is 95.2. The van der Waals surface area contributed by atoms with Crippen molar-refractivity contribution in [2.45, 2.75) is 25.9 Å². The molecule has 0 aromatic rings. The zero-order valence-electron chi connectivity index (χ0n) is 7.07. The van der Waals surface area contributed by atoms with E-state index in [1.54, 1.807) is 0 Å². The highest BCUT2D eigenvalue weighted by molar-refractivity contribution is 7.49. The van der Waals surface area contributed by atoms with Crippen LogP contribution < -0.4 is 0 Å². The van der Waals surface area contributed by atoms with Crippen LogP contribution in [0.25, 0.3) is 0 Å². The van der Waals surface area contributed by atoms with Crippen molar-refractivity contribution < 1.29 is 19.3 Å². The van der Waals surface area contributed by atoms with Crippen LogP contribution in [0.5, 0.6) is 0 Å². The summed E-state index contributed by atoms with van der Waals surface area (Å²) >= 11 is 0. The van der Waals surface area contributed by atoms with Crippen LogP contribution in [0.15, 0.2) is 0 Å². The van der Waals surface area contributed by atoms with Gasteiger partial charge in [0.1, 0.15) is 13.6 Å². The maximum absolute atomic E-state index is 8.46. The molecule has 0 spiro atoms. The van der Waals surface area contributed by atoms with Gasteiger partial charge in [-0.3, -0.25) is 0 Å². The van der Waals surface area contributed by atoms with E-state index in [-0.39, 0.29) is 18.7 Å². The summed E-state index contributed by atoms with van der Waals surface area (Å²) in [6.45, 7) is 5.02. The second-order valence-corrected chi connectivity index (χ2v) is 5.32. The molecular formula is C6H15O4P. The van der Waals surface area contributed by atoms with Crippen LogP contribution in [0.3, 0.4) is 0 Å². The molecule has 68 valence electrons. The van der Waals surface area contributed by atoms with Crippen LogP contribution in [0, 0.1) is 0 Å². The van der Waals surface area contributed by atoms with Gasteiger partial charge in [-0.15, -0.1) is 0 Å². The first-order valence-electron chi connectivity index (χ1n) is 3.30. The predicted octanol–water partition coefficient (Wildman–Crippen LogP) is 1.03. The Hall–Kier alpha value is 0.270. The van der Waals surface area contributed by atoms with Crippen LogP contribution in [0.1, 0.15) is 20.8 Å². The van der Waals surface area contributed by atoms with Gasteiger partial charge in [0.05, 0.1) is 0 Å². The predicted molar refractivity (Wildman–Crippen MR) is 43.0 cm³/mol. The summed E-state index contributed by atoms with van der Waals surface area (Å²) in [6.07, 6.45) is 0. The van der Waals surface area contributed by atoms with Gasteiger partial charge in [0.25, 0.3) is 0 Å². The highest BCUT2D eigenvalue weighted by Crippen LogP contribution is 2.50. The van der Waals surface area contributed by atoms with Gasteiger partial charge in [-0.25, -0.2) is 0 Å². The standard InChI is InChI=1S/C6H15O4P/c1-6(2,3)11(9-4-7)10-5-8/h7-8H,4-5H2,1-3H3. The van der Waals surface area contributed by atoms with E-state index in [0.29, 0.717) is 0 Å². The molecule has 2 N–H and O–H groups in total. The Kier molecular flexibility index (Phi) is 5.13. The van der Waals surface area contributed by atoms with Gasteiger partial charge in [0.2, 0.25) is 0 Å². The van der Waals surface area contributed by atoms with Crippen LogP contribution in [-0.2, 0) is 9.05 Å². The van der Waals surface area contributed by atoms with Gasteiger partial charge < -0.3 is 19.3 Å². The van der Waals surface area contributed by atoms with E-state index in [2.05, 4.69) is 0 Å². The summed E-state index contributed by atoms with van der Waals surface area (Å²) in [4.78, 5) is 0. The minimum absolute atomic E-state index is 0.180. The fourth-order valence-corrected chi connectivity index (χ4v) is 1.59. The summed E-state index contributed by atoms with van der Waals surface area (Å²) in [6, 6.07) is 0. The maximum Gasteiger partial charge on any atom is 0.180 e. The molecule has 0 saturated carbocycles. The van der Waals surface area contributed by atoms with Crippen molar-refractivity contribution in [1.82, 2.24) is 0 Å². The van der Waals surface area contributed by atoms with Crippen LogP contribution >= 0.6 is 8.38 Å². The number of hydrogen-bond acceptors (Lipinski definition) is 4. The van der Waals surface area contributed by atoms with Gasteiger partial charge in [0, 0.05) is 5.16 Å². The number of rotatable bonds is 4. The van der Waals surface area contributed by atoms with Crippen LogP contribution in [-0.4, -0.2) is 29.0 Å². The molecule has 0 aromatic heterocycles. The lowest BCUT2D eigenvalue weighted by Gasteiger charge is -2.27. The molecule has 5 heteroatoms. The first kappa shape index (κ1) is 11.3. The molecule has 4 nitrogen and oxygen atoms in total. The second-order valence-electron chi connectivity index (χ2n) is 2.94. The quantitative estimate of drug-likeness (QED) is 0.503. The van der Waals surface area contributed by atoms with E-state index >= 15 is 0 Å². The third-order valence-corrected chi connectivity index (χ3v) is 2.69. The van der Waals surface area contributed by atoms with Crippen molar-refractivity contribution in [3.05, 3.63) is 0 Å². The maximum atomic E-state index is 8.46. The van der Waals surface area contributed by atoms with Gasteiger partial charge in [0.15, 0.2) is 8.38 Å². The average molecular weight is 182 g/mol. The Balaban J connectivity index is 3.88. The Morgan fingerprint density at radius 1 is 1.09 bits per heavy atom. The van der Waals surface area contributed by atoms with Gasteiger partial charge in [-0.1, -0.05) is 20.8 Å². The third-order valence-electron chi connectivity index (χ3n) is 0.898. The van der Waals surface area contributed by atoms with Crippen molar-refractivity contribution in [1.29, 1.82) is 0 Å². The fraction of sp³-hybridized carbons (Fsp3) is 1.00. The molecule has 0 bridgehead atoms. The highest BCUT2D eigenvalue weighted by atomic mass is 31.2. The van der Waals surface area contributed by atoms with E-state index in [9.17, 15) is 0 Å². The lowest BCUT2D eigenvalue weighted by atomic mass is 10.3. The Labute approximate surface area is 68.1 Å². The molecule has 0 aliphatic rings. The van der Waals surface area contributed by atoms with E-state index in [0.717, 1.165) is 0 Å². The average Bonchev–Trinajstić information content (AvgIpc) is 1.85. The zero-order chi connectivity index (χ0) is 8.91. The molecule has 11 heavy (non-hydrogen) atoms. The molecule has 0 aromatic carbocycles. The molecule has 0 aliphatic carbocycles. The van der Waals surface area contributed by atoms with Gasteiger partial charge in [-0.05, 0) is 0 Å². The summed E-state index contributed by atoms with van der Waals surface area (Å²) in [7, 11) is -1.20. The molecule has 0 rings (SSSR count). The second kappa shape index (κ2) is 5.01. The van der Waals surface area contributed by atoms with Crippen molar-refractivity contribution in [2.75, 3.05) is 13.6 Å². The molecule has 0 heterocycles. The van der Waals surface area contributed by atoms with E-state index in [1.165, 1.54) is 0 Å². The first-order valence-corrected chi connectivity index (χ1v) is 4.48. The zero-order valence-corrected chi connectivity index (χ0v) is 7.97. The third kappa shape index (κ3) is 4.67. The SMILES string of the molecule is CC(C)(C)P(OCO)OCO. The van der Waals surface area contributed by atoms with Crippen molar-refractivity contribution in [2.24, 2.45) is 0 Å². The van der Waals surface area contributed by atoms with E-state index in [4.69, 9.17) is 19.3 Å². The number of aliphatic hydroxyl groups excluding tert-OH is 2. The van der Waals surface area contributed by atoms with Crippen molar-refractivity contribution in [3.63, 3.8) is 0 Å². The summed E-state index contributed by atoms with van der Waals surface area (Å²) in [5, 5.41) is 16.7. The normalized spacial score (nSPS) is 12.5. The summed E-state index contributed by atoms with van der Waals surface area (Å²) in [5.74, 6) is 0. The summed E-state index contributed by atoms with van der Waals surface area (Å²) < 4.78 is 9.77. The molecule has 0 fully saturated rings. The van der Waals surface area contributed by atoms with E-state index in [1.807, 2.05) is 20.8 Å². The van der Waals surface area contributed by atoms with Gasteiger partial charge in [-0.2, -0.15) is 0 Å². The molecular weight excluding hydrogens is 167 g/mol. The largest absolute Gasteiger partial charge is 0.370 e. The summed E-state index contributed by atoms with van der Waals surface area (Å²) in [5.41, 5.74) is 0. The minimum Gasteiger partial charge on any atom is -0.370 e. The van der Waals surface area contributed by atoms with Crippen molar-refractivity contribution >= 4 is 8.38 Å². The molecule has 0 saturated heterocycles. The Morgan fingerprint density at radius 3 is 1.64 bits per heavy atom. The minimum atomic E-state index is -1.20. The van der Waals surface area contributed by atoms with E-state index < -0.39 is 8.38 Å². The molecule has 0 amide bonds. The smallest absolute Gasteiger partial charge is 0.180 e. The Morgan fingerprint density at radius 2 is 1.45 bits per heavy atom. The topological polar surface area (TPSA) is 58.9 Å². The highest BCUT2D eigenvalue weighted by Gasteiger charge is 2.26. The molecule has 0 atom stereocenters.